The topological polar surface area (TPSA) is 93.2 Å². The van der Waals surface area contributed by atoms with E-state index in [-0.39, 0.29) is 10.7 Å². The smallest absolute Gasteiger partial charge is 0.225 e. The van der Waals surface area contributed by atoms with Gasteiger partial charge in [0.05, 0.1) is 22.8 Å². The van der Waals surface area contributed by atoms with E-state index < -0.39 is 5.82 Å². The Balaban J connectivity index is 1.72. The number of halogens is 1. The fourth-order valence-corrected chi connectivity index (χ4v) is 4.37. The lowest BCUT2D eigenvalue weighted by Gasteiger charge is -2.34. The number of amidine groups is 1. The van der Waals surface area contributed by atoms with Gasteiger partial charge in [-0.25, -0.2) is 14.4 Å². The largest absolute Gasteiger partial charge is 0.379 e. The maximum atomic E-state index is 13.1. The average molecular weight is 331 g/mol. The molecule has 0 spiro atoms. The highest BCUT2D eigenvalue weighted by atomic mass is 32.2. The van der Waals surface area contributed by atoms with Crippen LogP contribution >= 0.6 is 11.8 Å². The number of hydrogen-bond donors (Lipinski definition) is 1. The molecule has 0 aromatic carbocycles. The van der Waals surface area contributed by atoms with Crippen LogP contribution in [0.15, 0.2) is 36.0 Å². The summed E-state index contributed by atoms with van der Waals surface area (Å²) in [5, 5.41) is 0.550. The molecule has 2 N–H and O–H groups in total. The van der Waals surface area contributed by atoms with Crippen molar-refractivity contribution in [2.75, 3.05) is 24.5 Å². The second-order valence-corrected chi connectivity index (χ2v) is 6.89. The fourth-order valence-electron chi connectivity index (χ4n) is 3.11. The van der Waals surface area contributed by atoms with Gasteiger partial charge < -0.3 is 10.6 Å². The first kappa shape index (κ1) is 14.3. The molecule has 2 unspecified atom stereocenters. The summed E-state index contributed by atoms with van der Waals surface area (Å²) in [5.41, 5.74) is 6.86. The standard InChI is InChI=1S/C14H14FN7S/c15-10-4-20-13(21-5-10)22-7-9-3-19-12(16)23-14(9,8-22)11-6-17-1-2-18-11/h1-2,4-6,9H,3,7-8H2,(H2,16,19). The van der Waals surface area contributed by atoms with Gasteiger partial charge in [0.25, 0.3) is 0 Å². The number of aliphatic imine (C=N–C) groups is 1. The summed E-state index contributed by atoms with van der Waals surface area (Å²) in [6.45, 7) is 1.96. The van der Waals surface area contributed by atoms with Crippen molar-refractivity contribution >= 4 is 22.9 Å². The molecule has 0 amide bonds. The zero-order chi connectivity index (χ0) is 15.9. The Morgan fingerprint density at radius 3 is 2.78 bits per heavy atom. The van der Waals surface area contributed by atoms with Gasteiger partial charge in [0.1, 0.15) is 0 Å². The Kier molecular flexibility index (Phi) is 3.37. The van der Waals surface area contributed by atoms with E-state index in [2.05, 4.69) is 24.9 Å². The number of aromatic nitrogens is 4. The number of thioether (sulfide) groups is 1. The number of nitrogens with two attached hydrogens (primary N) is 1. The molecule has 0 radical (unpaired) electrons. The number of fused-ring (bicyclic) bond motifs is 1. The third kappa shape index (κ3) is 2.40. The molecule has 0 bridgehead atoms. The van der Waals surface area contributed by atoms with E-state index in [0.29, 0.717) is 30.8 Å². The Morgan fingerprint density at radius 1 is 1.22 bits per heavy atom. The van der Waals surface area contributed by atoms with E-state index in [9.17, 15) is 4.39 Å². The molecular formula is C14H14FN7S. The Bertz CT molecular complexity index is 739. The highest BCUT2D eigenvalue weighted by Crippen LogP contribution is 2.49. The van der Waals surface area contributed by atoms with Crippen LogP contribution in [0.2, 0.25) is 0 Å². The van der Waals surface area contributed by atoms with Crippen LogP contribution in [0.4, 0.5) is 10.3 Å². The van der Waals surface area contributed by atoms with E-state index in [1.807, 2.05) is 4.90 Å². The van der Waals surface area contributed by atoms with E-state index in [1.165, 1.54) is 24.2 Å². The highest BCUT2D eigenvalue weighted by molar-refractivity contribution is 8.14. The minimum Gasteiger partial charge on any atom is -0.379 e. The van der Waals surface area contributed by atoms with E-state index in [4.69, 9.17) is 5.73 Å². The lowest BCUT2D eigenvalue weighted by molar-refractivity contribution is 0.476. The van der Waals surface area contributed by atoms with Crippen molar-refractivity contribution in [1.82, 2.24) is 19.9 Å². The second kappa shape index (κ2) is 5.41. The molecule has 118 valence electrons. The van der Waals surface area contributed by atoms with Crippen LogP contribution in [-0.4, -0.2) is 44.7 Å². The maximum Gasteiger partial charge on any atom is 0.225 e. The van der Waals surface area contributed by atoms with Crippen LogP contribution in [-0.2, 0) is 4.75 Å². The van der Waals surface area contributed by atoms with Gasteiger partial charge in [-0.15, -0.1) is 0 Å². The first-order chi connectivity index (χ1) is 11.2. The summed E-state index contributed by atoms with van der Waals surface area (Å²) >= 11 is 1.51. The van der Waals surface area contributed by atoms with Gasteiger partial charge >= 0.3 is 0 Å². The molecule has 2 atom stereocenters. The van der Waals surface area contributed by atoms with Crippen molar-refractivity contribution in [2.24, 2.45) is 16.6 Å². The molecule has 2 aliphatic rings. The van der Waals surface area contributed by atoms with Crippen molar-refractivity contribution < 1.29 is 4.39 Å². The fraction of sp³-hybridized carbons (Fsp3) is 0.357. The lowest BCUT2D eigenvalue weighted by Crippen LogP contribution is -2.40. The third-order valence-electron chi connectivity index (χ3n) is 4.17. The minimum atomic E-state index is -0.448. The van der Waals surface area contributed by atoms with Gasteiger partial charge in [0, 0.05) is 44.1 Å². The van der Waals surface area contributed by atoms with E-state index in [0.717, 1.165) is 5.69 Å². The number of anilines is 1. The van der Waals surface area contributed by atoms with Gasteiger partial charge in [0.15, 0.2) is 11.0 Å². The minimum absolute atomic E-state index is 0.213. The first-order valence-corrected chi connectivity index (χ1v) is 7.97. The molecule has 23 heavy (non-hydrogen) atoms. The monoisotopic (exact) mass is 331 g/mol. The van der Waals surface area contributed by atoms with Crippen LogP contribution < -0.4 is 10.6 Å². The average Bonchev–Trinajstić information content (AvgIpc) is 2.96. The van der Waals surface area contributed by atoms with Gasteiger partial charge in [-0.1, -0.05) is 11.8 Å². The zero-order valence-corrected chi connectivity index (χ0v) is 12.9. The molecule has 7 nitrogen and oxygen atoms in total. The molecule has 4 heterocycles. The maximum absolute atomic E-state index is 13.1. The summed E-state index contributed by atoms with van der Waals surface area (Å²) in [4.78, 5) is 23.3. The Morgan fingerprint density at radius 2 is 2.04 bits per heavy atom. The predicted octanol–water partition coefficient (Wildman–Crippen LogP) is 0.799. The van der Waals surface area contributed by atoms with Crippen molar-refractivity contribution in [3.8, 4) is 0 Å². The molecule has 2 aliphatic heterocycles. The van der Waals surface area contributed by atoms with Crippen LogP contribution in [0.1, 0.15) is 5.69 Å². The summed E-state index contributed by atoms with van der Waals surface area (Å²) in [6.07, 6.45) is 7.46. The molecule has 1 saturated heterocycles. The molecule has 2 aromatic rings. The lowest BCUT2D eigenvalue weighted by atomic mass is 9.91. The quantitative estimate of drug-likeness (QED) is 0.870. The third-order valence-corrected chi connectivity index (χ3v) is 5.54. The summed E-state index contributed by atoms with van der Waals surface area (Å²) in [6, 6.07) is 0. The van der Waals surface area contributed by atoms with Crippen molar-refractivity contribution in [3.63, 3.8) is 0 Å². The summed E-state index contributed by atoms with van der Waals surface area (Å²) < 4.78 is 12.7. The van der Waals surface area contributed by atoms with Crippen molar-refractivity contribution in [3.05, 3.63) is 42.5 Å². The second-order valence-electron chi connectivity index (χ2n) is 5.54. The number of hydrogen-bond acceptors (Lipinski definition) is 8. The number of rotatable bonds is 2. The van der Waals surface area contributed by atoms with Gasteiger partial charge in [-0.3, -0.25) is 15.0 Å². The summed E-state index contributed by atoms with van der Waals surface area (Å²) in [5.74, 6) is 0.268. The predicted molar refractivity (Wildman–Crippen MR) is 85.5 cm³/mol. The molecule has 9 heteroatoms. The van der Waals surface area contributed by atoms with E-state index in [1.54, 1.807) is 18.6 Å². The Hall–Kier alpha value is -2.29. The van der Waals surface area contributed by atoms with Gasteiger partial charge in [-0.2, -0.15) is 0 Å². The zero-order valence-electron chi connectivity index (χ0n) is 12.1. The van der Waals surface area contributed by atoms with Gasteiger partial charge in [0.2, 0.25) is 5.95 Å². The molecule has 0 aliphatic carbocycles. The van der Waals surface area contributed by atoms with Crippen LogP contribution in [0.3, 0.4) is 0 Å². The number of nitrogens with zero attached hydrogens (tertiary/aromatic N) is 6. The highest BCUT2D eigenvalue weighted by Gasteiger charge is 2.52. The van der Waals surface area contributed by atoms with Gasteiger partial charge in [-0.05, 0) is 0 Å². The summed E-state index contributed by atoms with van der Waals surface area (Å²) in [7, 11) is 0. The van der Waals surface area contributed by atoms with E-state index >= 15 is 0 Å². The normalized spacial score (nSPS) is 26.7. The van der Waals surface area contributed by atoms with Crippen LogP contribution in [0.25, 0.3) is 0 Å². The van der Waals surface area contributed by atoms with Crippen molar-refractivity contribution in [2.45, 2.75) is 4.75 Å². The Labute approximate surface area is 136 Å². The molecule has 4 rings (SSSR count). The first-order valence-electron chi connectivity index (χ1n) is 7.15. The molecule has 1 fully saturated rings. The SMILES string of the molecule is NC1=NCC2CN(c3ncc(F)cn3)CC2(c2cnccn2)S1. The van der Waals surface area contributed by atoms with Crippen molar-refractivity contribution in [1.29, 1.82) is 0 Å². The molecule has 2 aromatic heterocycles. The van der Waals surface area contributed by atoms with Crippen LogP contribution in [0, 0.1) is 11.7 Å². The molecular weight excluding hydrogens is 317 g/mol. The van der Waals surface area contributed by atoms with Crippen LogP contribution in [0.5, 0.6) is 0 Å². The molecule has 0 saturated carbocycles.